The molecule has 3 N–H and O–H groups in total. The van der Waals surface area contributed by atoms with Gasteiger partial charge in [0.1, 0.15) is 5.54 Å². The summed E-state index contributed by atoms with van der Waals surface area (Å²) in [5.41, 5.74) is 4.72. The number of carboxylic acids is 1. The van der Waals surface area contributed by atoms with Gasteiger partial charge in [-0.05, 0) is 31.1 Å². The highest BCUT2D eigenvalue weighted by atomic mass is 16.5. The van der Waals surface area contributed by atoms with Crippen molar-refractivity contribution in [3.05, 3.63) is 0 Å². The number of carboxylic acid groups (broad SMARTS) is 1. The van der Waals surface area contributed by atoms with Crippen molar-refractivity contribution in [1.29, 1.82) is 0 Å². The number of nitrogens with two attached hydrogens (primary N) is 1. The maximum atomic E-state index is 11.0. The van der Waals surface area contributed by atoms with E-state index in [0.29, 0.717) is 6.61 Å². The van der Waals surface area contributed by atoms with Crippen LogP contribution < -0.4 is 5.73 Å². The van der Waals surface area contributed by atoms with Gasteiger partial charge in [-0.3, -0.25) is 4.79 Å². The Bertz CT molecular complexity index is 248. The van der Waals surface area contributed by atoms with Crippen molar-refractivity contribution < 1.29 is 14.6 Å². The molecule has 0 aliphatic heterocycles. The number of hydrogen-bond acceptors (Lipinski definition) is 3. The molecule has 2 aliphatic rings. The fourth-order valence-electron chi connectivity index (χ4n) is 1.85. The van der Waals surface area contributed by atoms with Crippen LogP contribution in [0.1, 0.15) is 32.1 Å². The van der Waals surface area contributed by atoms with Gasteiger partial charge in [0.15, 0.2) is 0 Å². The van der Waals surface area contributed by atoms with Crippen LogP contribution in [0.15, 0.2) is 0 Å². The Labute approximate surface area is 89.8 Å². The van der Waals surface area contributed by atoms with Crippen molar-refractivity contribution in [3.63, 3.8) is 0 Å². The Balaban J connectivity index is 1.70. The van der Waals surface area contributed by atoms with Gasteiger partial charge in [-0.15, -0.1) is 0 Å². The standard InChI is InChI=1S/C11H19NO3/c12-11(10(13)14,9-3-4-9)7-15-6-5-8-1-2-8/h8-9H,1-7,12H2,(H,13,14). The molecule has 0 saturated heterocycles. The first-order valence-corrected chi connectivity index (χ1v) is 5.73. The zero-order valence-electron chi connectivity index (χ0n) is 8.95. The minimum Gasteiger partial charge on any atom is -0.480 e. The SMILES string of the molecule is NC(COCCC1CC1)(C(=O)O)C1CC1. The van der Waals surface area contributed by atoms with Crippen molar-refractivity contribution in [3.8, 4) is 0 Å². The molecule has 0 aromatic carbocycles. The van der Waals surface area contributed by atoms with Gasteiger partial charge in [0, 0.05) is 6.61 Å². The summed E-state index contributed by atoms with van der Waals surface area (Å²) in [7, 11) is 0. The van der Waals surface area contributed by atoms with E-state index in [9.17, 15) is 4.79 Å². The van der Waals surface area contributed by atoms with Crippen molar-refractivity contribution in [1.82, 2.24) is 0 Å². The highest BCUT2D eigenvalue weighted by Gasteiger charge is 2.48. The molecule has 1 atom stereocenters. The van der Waals surface area contributed by atoms with E-state index < -0.39 is 11.5 Å². The molecule has 1 unspecified atom stereocenters. The molecule has 0 amide bonds. The maximum Gasteiger partial charge on any atom is 0.326 e. The molecule has 0 aromatic heterocycles. The minimum absolute atomic E-state index is 0.121. The molecule has 86 valence electrons. The zero-order chi connectivity index (χ0) is 10.9. The first-order valence-electron chi connectivity index (χ1n) is 5.73. The van der Waals surface area contributed by atoms with Crippen molar-refractivity contribution in [2.24, 2.45) is 17.6 Å². The van der Waals surface area contributed by atoms with Gasteiger partial charge < -0.3 is 15.6 Å². The molecular weight excluding hydrogens is 194 g/mol. The molecule has 2 rings (SSSR count). The summed E-state index contributed by atoms with van der Waals surface area (Å²) in [4.78, 5) is 11.0. The topological polar surface area (TPSA) is 72.5 Å². The van der Waals surface area contributed by atoms with E-state index in [0.717, 1.165) is 25.2 Å². The molecule has 0 bridgehead atoms. The van der Waals surface area contributed by atoms with Crippen LogP contribution in [0.2, 0.25) is 0 Å². The van der Waals surface area contributed by atoms with Crippen LogP contribution >= 0.6 is 0 Å². The van der Waals surface area contributed by atoms with Crippen LogP contribution in [0.25, 0.3) is 0 Å². The molecule has 0 aromatic rings. The fraction of sp³-hybridized carbons (Fsp3) is 0.909. The lowest BCUT2D eigenvalue weighted by molar-refractivity contribution is -0.147. The second kappa shape index (κ2) is 4.10. The normalized spacial score (nSPS) is 24.9. The van der Waals surface area contributed by atoms with Gasteiger partial charge in [-0.2, -0.15) is 0 Å². The van der Waals surface area contributed by atoms with Gasteiger partial charge in [0.05, 0.1) is 6.61 Å². The summed E-state index contributed by atoms with van der Waals surface area (Å²) in [6.07, 6.45) is 5.52. The maximum absolute atomic E-state index is 11.0. The first kappa shape index (κ1) is 10.9. The first-order chi connectivity index (χ1) is 7.13. The highest BCUT2D eigenvalue weighted by Crippen LogP contribution is 2.39. The summed E-state index contributed by atoms with van der Waals surface area (Å²) < 4.78 is 5.41. The van der Waals surface area contributed by atoms with Gasteiger partial charge in [-0.1, -0.05) is 12.8 Å². The van der Waals surface area contributed by atoms with E-state index in [4.69, 9.17) is 15.6 Å². The van der Waals surface area contributed by atoms with E-state index in [2.05, 4.69) is 0 Å². The molecule has 2 fully saturated rings. The molecule has 0 radical (unpaired) electrons. The van der Waals surface area contributed by atoms with Crippen molar-refractivity contribution in [2.45, 2.75) is 37.6 Å². The van der Waals surface area contributed by atoms with E-state index in [1.54, 1.807) is 0 Å². The van der Waals surface area contributed by atoms with Gasteiger partial charge in [-0.25, -0.2) is 0 Å². The Morgan fingerprint density at radius 3 is 2.53 bits per heavy atom. The van der Waals surface area contributed by atoms with Gasteiger partial charge in [0.2, 0.25) is 0 Å². The van der Waals surface area contributed by atoms with E-state index in [1.165, 1.54) is 12.8 Å². The Morgan fingerprint density at radius 1 is 1.40 bits per heavy atom. The molecule has 2 aliphatic carbocycles. The lowest BCUT2D eigenvalue weighted by Gasteiger charge is -2.24. The average Bonchev–Trinajstić information content (AvgIpc) is 3.03. The molecule has 4 nitrogen and oxygen atoms in total. The van der Waals surface area contributed by atoms with Crippen molar-refractivity contribution >= 4 is 5.97 Å². The lowest BCUT2D eigenvalue weighted by Crippen LogP contribution is -2.54. The Kier molecular flexibility index (Phi) is 2.98. The third kappa shape index (κ3) is 2.69. The monoisotopic (exact) mass is 213 g/mol. The van der Waals surface area contributed by atoms with Crippen LogP contribution in [0.4, 0.5) is 0 Å². The molecule has 4 heteroatoms. The smallest absolute Gasteiger partial charge is 0.326 e. The van der Waals surface area contributed by atoms with Gasteiger partial charge >= 0.3 is 5.97 Å². The third-order valence-electron chi connectivity index (χ3n) is 3.41. The predicted octanol–water partition coefficient (Wildman–Crippen LogP) is 0.995. The molecule has 2 saturated carbocycles. The third-order valence-corrected chi connectivity index (χ3v) is 3.41. The largest absolute Gasteiger partial charge is 0.480 e. The minimum atomic E-state index is -1.14. The van der Waals surface area contributed by atoms with E-state index >= 15 is 0 Å². The highest BCUT2D eigenvalue weighted by molar-refractivity contribution is 5.79. The number of rotatable bonds is 7. The lowest BCUT2D eigenvalue weighted by atomic mass is 9.96. The Hall–Kier alpha value is -0.610. The van der Waals surface area contributed by atoms with Gasteiger partial charge in [0.25, 0.3) is 0 Å². The van der Waals surface area contributed by atoms with E-state index in [-0.39, 0.29) is 12.5 Å². The second-order valence-electron chi connectivity index (χ2n) is 4.90. The number of ether oxygens (including phenoxy) is 1. The number of carbonyl (C=O) groups is 1. The molecule has 0 spiro atoms. The van der Waals surface area contributed by atoms with Crippen LogP contribution in [0, 0.1) is 11.8 Å². The Morgan fingerprint density at radius 2 is 2.07 bits per heavy atom. The molecular formula is C11H19NO3. The zero-order valence-corrected chi connectivity index (χ0v) is 8.95. The van der Waals surface area contributed by atoms with E-state index in [1.807, 2.05) is 0 Å². The fourth-order valence-corrected chi connectivity index (χ4v) is 1.85. The quantitative estimate of drug-likeness (QED) is 0.619. The number of aliphatic carboxylic acids is 1. The summed E-state index contributed by atoms with van der Waals surface area (Å²) in [5, 5.41) is 9.06. The summed E-state index contributed by atoms with van der Waals surface area (Å²) in [5.74, 6) is 0.0234. The summed E-state index contributed by atoms with van der Waals surface area (Å²) in [6.45, 7) is 0.823. The van der Waals surface area contributed by atoms with Crippen LogP contribution in [-0.4, -0.2) is 29.8 Å². The molecule has 15 heavy (non-hydrogen) atoms. The second-order valence-corrected chi connectivity index (χ2v) is 4.90. The molecule has 0 heterocycles. The van der Waals surface area contributed by atoms with Crippen LogP contribution in [0.3, 0.4) is 0 Å². The van der Waals surface area contributed by atoms with Crippen LogP contribution in [0.5, 0.6) is 0 Å². The average molecular weight is 213 g/mol. The predicted molar refractivity (Wildman–Crippen MR) is 55.4 cm³/mol. The van der Waals surface area contributed by atoms with Crippen LogP contribution in [-0.2, 0) is 9.53 Å². The summed E-state index contributed by atoms with van der Waals surface area (Å²) in [6, 6.07) is 0. The number of hydrogen-bond donors (Lipinski definition) is 2. The van der Waals surface area contributed by atoms with Crippen molar-refractivity contribution in [2.75, 3.05) is 13.2 Å². The summed E-state index contributed by atoms with van der Waals surface area (Å²) >= 11 is 0.